The summed E-state index contributed by atoms with van der Waals surface area (Å²) in [5.41, 5.74) is 2.31. The first-order valence-electron chi connectivity index (χ1n) is 6.64. The maximum atomic E-state index is 12.6. The van der Waals surface area contributed by atoms with Gasteiger partial charge in [-0.15, -0.1) is 24.8 Å². The van der Waals surface area contributed by atoms with Crippen molar-refractivity contribution in [1.82, 2.24) is 5.32 Å². The second-order valence-corrected chi connectivity index (χ2v) is 5.26. The van der Waals surface area contributed by atoms with Crippen LogP contribution in [0.4, 0.5) is 5.69 Å². The Morgan fingerprint density at radius 3 is 2.85 bits per heavy atom. The molecule has 0 saturated carbocycles. The van der Waals surface area contributed by atoms with Gasteiger partial charge in [0, 0.05) is 25.6 Å². The Morgan fingerprint density at radius 1 is 1.20 bits per heavy atom. The van der Waals surface area contributed by atoms with Crippen LogP contribution >= 0.6 is 24.8 Å². The van der Waals surface area contributed by atoms with Crippen molar-refractivity contribution in [3.63, 3.8) is 0 Å². The van der Waals surface area contributed by atoms with Crippen LogP contribution in [0.5, 0.6) is 5.75 Å². The van der Waals surface area contributed by atoms with Crippen LogP contribution in [-0.4, -0.2) is 32.1 Å². The highest BCUT2D eigenvalue weighted by atomic mass is 35.5. The van der Waals surface area contributed by atoms with Crippen molar-refractivity contribution in [1.29, 1.82) is 0 Å². The van der Waals surface area contributed by atoms with Gasteiger partial charge in [0.2, 0.25) is 5.91 Å². The van der Waals surface area contributed by atoms with E-state index in [9.17, 15) is 4.79 Å². The molecule has 0 aliphatic carbocycles. The van der Waals surface area contributed by atoms with Gasteiger partial charge >= 0.3 is 0 Å². The topological polar surface area (TPSA) is 41.6 Å². The van der Waals surface area contributed by atoms with Crippen LogP contribution in [0, 0.1) is 5.92 Å². The van der Waals surface area contributed by atoms with Gasteiger partial charge in [-0.25, -0.2) is 0 Å². The van der Waals surface area contributed by atoms with Crippen LogP contribution in [0.2, 0.25) is 0 Å². The van der Waals surface area contributed by atoms with Gasteiger partial charge in [-0.05, 0) is 18.1 Å². The molecule has 110 valence electrons. The number of ether oxygens (including phenoxy) is 1. The third-order valence-corrected chi connectivity index (χ3v) is 4.28. The maximum Gasteiger partial charge on any atom is 0.232 e. The number of hydrogen-bond donors (Lipinski definition) is 1. The predicted molar refractivity (Wildman–Crippen MR) is 82.5 cm³/mol. The first-order chi connectivity index (χ1) is 8.86. The molecule has 6 heteroatoms. The number of hydrogen-bond acceptors (Lipinski definition) is 3. The molecule has 1 saturated heterocycles. The van der Waals surface area contributed by atoms with Crippen molar-refractivity contribution in [2.24, 2.45) is 5.92 Å². The lowest BCUT2D eigenvalue weighted by molar-refractivity contribution is -0.122. The Labute approximate surface area is 130 Å². The largest absolute Gasteiger partial charge is 0.491 e. The number of anilines is 1. The minimum atomic E-state index is 0. The maximum absolute atomic E-state index is 12.6. The number of benzene rings is 1. The van der Waals surface area contributed by atoms with Gasteiger partial charge in [0.1, 0.15) is 5.75 Å². The molecule has 4 nitrogen and oxygen atoms in total. The SMILES string of the molecule is Cl.Cl.O=C1[C@H]2CNC[C@H]2c2cccc3c2N1CCCO3. The summed E-state index contributed by atoms with van der Waals surface area (Å²) in [5.74, 6) is 1.59. The summed E-state index contributed by atoms with van der Waals surface area (Å²) >= 11 is 0. The molecule has 3 aliphatic heterocycles. The molecule has 1 aromatic carbocycles. The molecular formula is C14H18Cl2N2O2. The summed E-state index contributed by atoms with van der Waals surface area (Å²) in [6.07, 6.45) is 0.907. The van der Waals surface area contributed by atoms with Crippen molar-refractivity contribution >= 4 is 36.4 Å². The van der Waals surface area contributed by atoms with Gasteiger partial charge in [-0.3, -0.25) is 4.79 Å². The van der Waals surface area contributed by atoms with Crippen LogP contribution in [0.1, 0.15) is 17.9 Å². The Morgan fingerprint density at radius 2 is 2.00 bits per heavy atom. The second kappa shape index (κ2) is 5.80. The Balaban J connectivity index is 0.000000735. The van der Waals surface area contributed by atoms with E-state index < -0.39 is 0 Å². The Bertz CT molecular complexity index is 524. The fourth-order valence-electron chi connectivity index (χ4n) is 3.45. The standard InChI is InChI=1S/C14H16N2O2.2ClH/c17-14-11-8-15-7-10(11)9-3-1-4-12-13(9)16(14)5-2-6-18-12;;/h1,3-4,10-11,15H,2,5-8H2;2*1H/t10-,11-;;/m0../s1. The van der Waals surface area contributed by atoms with Gasteiger partial charge in [-0.2, -0.15) is 0 Å². The molecule has 3 heterocycles. The predicted octanol–water partition coefficient (Wildman–Crippen LogP) is 1.96. The van der Waals surface area contributed by atoms with Crippen molar-refractivity contribution in [3.8, 4) is 5.75 Å². The van der Waals surface area contributed by atoms with Gasteiger partial charge < -0.3 is 15.0 Å². The lowest BCUT2D eigenvalue weighted by atomic mass is 9.83. The highest BCUT2D eigenvalue weighted by Crippen LogP contribution is 2.46. The van der Waals surface area contributed by atoms with Gasteiger partial charge in [0.15, 0.2) is 0 Å². The molecule has 0 bridgehead atoms. The van der Waals surface area contributed by atoms with E-state index in [1.807, 2.05) is 17.0 Å². The van der Waals surface area contributed by atoms with E-state index in [2.05, 4.69) is 11.4 Å². The van der Waals surface area contributed by atoms with E-state index in [1.165, 1.54) is 5.56 Å². The molecule has 0 radical (unpaired) electrons. The van der Waals surface area contributed by atoms with E-state index in [0.29, 0.717) is 12.5 Å². The lowest BCUT2D eigenvalue weighted by Gasteiger charge is -2.35. The minimum Gasteiger partial charge on any atom is -0.491 e. The molecule has 2 atom stereocenters. The number of halogens is 2. The van der Waals surface area contributed by atoms with Gasteiger partial charge in [-0.1, -0.05) is 12.1 Å². The van der Waals surface area contributed by atoms with Gasteiger partial charge in [0.25, 0.3) is 0 Å². The highest BCUT2D eigenvalue weighted by Gasteiger charge is 2.44. The monoisotopic (exact) mass is 316 g/mol. The zero-order valence-electron chi connectivity index (χ0n) is 11.0. The molecule has 0 aromatic heterocycles. The molecule has 3 aliphatic rings. The van der Waals surface area contributed by atoms with E-state index in [1.54, 1.807) is 0 Å². The molecule has 0 unspecified atom stereocenters. The van der Waals surface area contributed by atoms with E-state index in [4.69, 9.17) is 4.74 Å². The fourth-order valence-corrected chi connectivity index (χ4v) is 3.45. The summed E-state index contributed by atoms with van der Waals surface area (Å²) in [6.45, 7) is 3.20. The second-order valence-electron chi connectivity index (χ2n) is 5.26. The average molecular weight is 317 g/mol. The summed E-state index contributed by atoms with van der Waals surface area (Å²) in [5, 5.41) is 3.35. The number of carbonyl (C=O) groups excluding carboxylic acids is 1. The number of rotatable bonds is 0. The van der Waals surface area contributed by atoms with Crippen LogP contribution < -0.4 is 15.0 Å². The highest BCUT2D eigenvalue weighted by molar-refractivity contribution is 6.01. The number of fused-ring (bicyclic) bond motifs is 2. The summed E-state index contributed by atoms with van der Waals surface area (Å²) in [4.78, 5) is 14.5. The van der Waals surface area contributed by atoms with Crippen LogP contribution in [0.15, 0.2) is 18.2 Å². The van der Waals surface area contributed by atoms with Crippen molar-refractivity contribution < 1.29 is 9.53 Å². The molecule has 4 rings (SSSR count). The summed E-state index contributed by atoms with van der Waals surface area (Å²) in [7, 11) is 0. The number of carbonyl (C=O) groups is 1. The van der Waals surface area contributed by atoms with Crippen LogP contribution in [0.25, 0.3) is 0 Å². The first kappa shape index (κ1) is 15.4. The lowest BCUT2D eigenvalue weighted by Crippen LogP contribution is -2.43. The summed E-state index contributed by atoms with van der Waals surface area (Å²) < 4.78 is 5.78. The number of nitrogens with one attached hydrogen (secondary N) is 1. The zero-order valence-corrected chi connectivity index (χ0v) is 12.6. The third kappa shape index (κ3) is 2.07. The van der Waals surface area contributed by atoms with E-state index >= 15 is 0 Å². The average Bonchev–Trinajstić information content (AvgIpc) is 2.78. The molecule has 20 heavy (non-hydrogen) atoms. The fraction of sp³-hybridized carbons (Fsp3) is 0.500. The smallest absolute Gasteiger partial charge is 0.232 e. The Hall–Kier alpha value is -0.970. The number of nitrogens with zero attached hydrogens (tertiary/aromatic N) is 1. The minimum absolute atomic E-state index is 0. The molecule has 0 spiro atoms. The number of amides is 1. The van der Waals surface area contributed by atoms with Crippen molar-refractivity contribution in [2.45, 2.75) is 12.3 Å². The molecule has 1 N–H and O–H groups in total. The zero-order chi connectivity index (χ0) is 12.1. The molecule has 1 amide bonds. The van der Waals surface area contributed by atoms with Crippen molar-refractivity contribution in [3.05, 3.63) is 23.8 Å². The van der Waals surface area contributed by atoms with Crippen LogP contribution in [0.3, 0.4) is 0 Å². The van der Waals surface area contributed by atoms with Gasteiger partial charge in [0.05, 0.1) is 18.2 Å². The summed E-state index contributed by atoms with van der Waals surface area (Å²) in [6, 6.07) is 6.17. The molecular weight excluding hydrogens is 299 g/mol. The van der Waals surface area contributed by atoms with Crippen LogP contribution in [-0.2, 0) is 4.79 Å². The van der Waals surface area contributed by atoms with E-state index in [-0.39, 0.29) is 36.6 Å². The molecule has 1 aromatic rings. The van der Waals surface area contributed by atoms with Crippen molar-refractivity contribution in [2.75, 3.05) is 31.1 Å². The third-order valence-electron chi connectivity index (χ3n) is 4.28. The van der Waals surface area contributed by atoms with E-state index in [0.717, 1.165) is 37.5 Å². The first-order valence-corrected chi connectivity index (χ1v) is 6.64. The normalized spacial score (nSPS) is 26.4. The number of para-hydroxylation sites is 1. The quantitative estimate of drug-likeness (QED) is 0.795. The molecule has 1 fully saturated rings. The Kier molecular flexibility index (Phi) is 4.47.